The largest absolute Gasteiger partial charge is 0.416 e. The molecule has 0 heterocycles. The van der Waals surface area contributed by atoms with Gasteiger partial charge in [0.15, 0.2) is 0 Å². The lowest BCUT2D eigenvalue weighted by molar-refractivity contribution is -0.143. The Kier molecular flexibility index (Phi) is 4.72. The Hall–Kier alpha value is -2.31. The fourth-order valence-electron chi connectivity index (χ4n) is 2.51. The second-order valence-corrected chi connectivity index (χ2v) is 5.75. The molecule has 2 rings (SSSR count). The van der Waals surface area contributed by atoms with Crippen molar-refractivity contribution in [1.82, 2.24) is 0 Å². The van der Waals surface area contributed by atoms with E-state index in [1.54, 1.807) is 0 Å². The molecule has 0 spiro atoms. The average Bonchev–Trinajstić information content (AvgIpc) is 2.48. The van der Waals surface area contributed by atoms with E-state index in [4.69, 9.17) is 16.7 Å². The van der Waals surface area contributed by atoms with Gasteiger partial charge in [-0.3, -0.25) is 0 Å². The van der Waals surface area contributed by atoms with Gasteiger partial charge in [-0.25, -0.2) is 0 Å². The third kappa shape index (κ3) is 4.03. The number of alkyl halides is 6. The normalized spacial score (nSPS) is 24.0. The molecule has 4 N–H and O–H groups in total. The highest BCUT2D eigenvalue weighted by molar-refractivity contribution is 5.44. The fraction of sp³-hybridized carbons (Fsp3) is 0.312. The number of halogens is 6. The number of hydrogen-bond acceptors (Lipinski definition) is 3. The molecule has 0 aromatic heterocycles. The summed E-state index contributed by atoms with van der Waals surface area (Å²) in [6.07, 6.45) is -6.40. The Morgan fingerprint density at radius 1 is 1.12 bits per heavy atom. The Balaban J connectivity index is 2.45. The number of nitrogens with two attached hydrogens (primary N) is 2. The Morgan fingerprint density at radius 2 is 1.76 bits per heavy atom. The monoisotopic (exact) mass is 361 g/mol. The SMILES string of the molecule is N#CC1=CC(N)C(N)(Cc2ccc(C(F)(F)F)cc2C(F)(F)F)C=C1. The maximum atomic E-state index is 13.2. The van der Waals surface area contributed by atoms with Gasteiger partial charge in [-0.15, -0.1) is 0 Å². The second-order valence-electron chi connectivity index (χ2n) is 5.75. The number of allylic oxidation sites excluding steroid dienone is 2. The third-order valence-electron chi connectivity index (χ3n) is 3.92. The second kappa shape index (κ2) is 6.20. The van der Waals surface area contributed by atoms with Gasteiger partial charge >= 0.3 is 12.4 Å². The van der Waals surface area contributed by atoms with E-state index in [0.717, 1.165) is 6.07 Å². The molecule has 2 atom stereocenters. The third-order valence-corrected chi connectivity index (χ3v) is 3.92. The van der Waals surface area contributed by atoms with Gasteiger partial charge in [0.2, 0.25) is 0 Å². The van der Waals surface area contributed by atoms with E-state index in [9.17, 15) is 26.3 Å². The number of nitrogens with zero attached hydrogens (tertiary/aromatic N) is 1. The minimum Gasteiger partial charge on any atom is -0.323 e. The van der Waals surface area contributed by atoms with Gasteiger partial charge in [0.1, 0.15) is 0 Å². The smallest absolute Gasteiger partial charge is 0.323 e. The van der Waals surface area contributed by atoms with Gasteiger partial charge in [-0.2, -0.15) is 31.6 Å². The summed E-state index contributed by atoms with van der Waals surface area (Å²) in [6.45, 7) is 0. The summed E-state index contributed by atoms with van der Waals surface area (Å²) in [5.41, 5.74) is 7.38. The van der Waals surface area contributed by atoms with E-state index in [1.165, 1.54) is 18.2 Å². The zero-order valence-electron chi connectivity index (χ0n) is 12.6. The molecule has 134 valence electrons. The van der Waals surface area contributed by atoms with Crippen LogP contribution in [0, 0.1) is 11.3 Å². The van der Waals surface area contributed by atoms with Crippen molar-refractivity contribution >= 4 is 0 Å². The van der Waals surface area contributed by atoms with Gasteiger partial charge < -0.3 is 11.5 Å². The zero-order valence-corrected chi connectivity index (χ0v) is 12.6. The predicted molar refractivity (Wildman–Crippen MR) is 77.9 cm³/mol. The molecular formula is C16H13F6N3. The van der Waals surface area contributed by atoms with Gasteiger partial charge in [-0.05, 0) is 36.3 Å². The van der Waals surface area contributed by atoms with Gasteiger partial charge in [0.25, 0.3) is 0 Å². The molecule has 2 unspecified atom stereocenters. The maximum Gasteiger partial charge on any atom is 0.416 e. The minimum absolute atomic E-state index is 0.0628. The van der Waals surface area contributed by atoms with E-state index >= 15 is 0 Å². The summed E-state index contributed by atoms with van der Waals surface area (Å²) in [5, 5.41) is 8.81. The summed E-state index contributed by atoms with van der Waals surface area (Å²) in [7, 11) is 0. The highest BCUT2D eigenvalue weighted by atomic mass is 19.4. The van der Waals surface area contributed by atoms with Crippen molar-refractivity contribution in [2.75, 3.05) is 0 Å². The lowest BCUT2D eigenvalue weighted by Crippen LogP contribution is -2.55. The summed E-state index contributed by atoms with van der Waals surface area (Å²) in [4.78, 5) is 0. The van der Waals surface area contributed by atoms with Crippen LogP contribution in [0.1, 0.15) is 16.7 Å². The van der Waals surface area contributed by atoms with Crippen molar-refractivity contribution in [1.29, 1.82) is 5.26 Å². The molecule has 3 nitrogen and oxygen atoms in total. The number of benzene rings is 1. The molecule has 9 heteroatoms. The summed E-state index contributed by atoms with van der Waals surface area (Å²) in [5.74, 6) is 0. The van der Waals surface area contributed by atoms with E-state index in [0.29, 0.717) is 6.07 Å². The highest BCUT2D eigenvalue weighted by Crippen LogP contribution is 2.38. The van der Waals surface area contributed by atoms with Gasteiger partial charge in [-0.1, -0.05) is 12.1 Å². The number of rotatable bonds is 2. The Labute approximate surface area is 139 Å². The molecule has 0 fully saturated rings. The Bertz CT molecular complexity index is 770. The molecule has 1 aliphatic carbocycles. The van der Waals surface area contributed by atoms with E-state index < -0.39 is 47.0 Å². The van der Waals surface area contributed by atoms with Crippen molar-refractivity contribution in [3.8, 4) is 6.07 Å². The summed E-state index contributed by atoms with van der Waals surface area (Å²) >= 11 is 0. The maximum absolute atomic E-state index is 13.2. The van der Waals surface area contributed by atoms with Crippen molar-refractivity contribution in [2.45, 2.75) is 30.4 Å². The van der Waals surface area contributed by atoms with Crippen LogP contribution in [0.2, 0.25) is 0 Å². The molecule has 0 saturated carbocycles. The first-order valence-corrected chi connectivity index (χ1v) is 7.00. The minimum atomic E-state index is -4.98. The van der Waals surface area contributed by atoms with Crippen LogP contribution in [-0.4, -0.2) is 11.6 Å². The molecule has 25 heavy (non-hydrogen) atoms. The van der Waals surface area contributed by atoms with Crippen LogP contribution in [0.15, 0.2) is 42.0 Å². The van der Waals surface area contributed by atoms with Crippen LogP contribution in [0.3, 0.4) is 0 Å². The fourth-order valence-corrected chi connectivity index (χ4v) is 2.51. The topological polar surface area (TPSA) is 75.8 Å². The van der Waals surface area contributed by atoms with E-state index in [1.807, 2.05) is 6.07 Å². The molecule has 0 bridgehead atoms. The first kappa shape index (κ1) is 19.0. The first-order valence-electron chi connectivity index (χ1n) is 7.00. The van der Waals surface area contributed by atoms with Crippen molar-refractivity contribution in [3.05, 3.63) is 58.7 Å². The van der Waals surface area contributed by atoms with Crippen LogP contribution < -0.4 is 11.5 Å². The first-order chi connectivity index (χ1) is 11.4. The molecular weight excluding hydrogens is 348 g/mol. The lowest BCUT2D eigenvalue weighted by atomic mass is 9.79. The van der Waals surface area contributed by atoms with Crippen molar-refractivity contribution in [2.24, 2.45) is 11.5 Å². The number of nitriles is 1. The predicted octanol–water partition coefficient (Wildman–Crippen LogP) is 3.31. The zero-order chi connectivity index (χ0) is 19.0. The molecule has 0 saturated heterocycles. The van der Waals surface area contributed by atoms with Crippen LogP contribution in [-0.2, 0) is 18.8 Å². The average molecular weight is 361 g/mol. The van der Waals surface area contributed by atoms with E-state index in [-0.39, 0.29) is 11.6 Å². The molecule has 1 aliphatic rings. The highest BCUT2D eigenvalue weighted by Gasteiger charge is 2.40. The summed E-state index contributed by atoms with van der Waals surface area (Å²) < 4.78 is 77.7. The van der Waals surface area contributed by atoms with Crippen LogP contribution in [0.25, 0.3) is 0 Å². The summed E-state index contributed by atoms with van der Waals surface area (Å²) in [6, 6.07) is 2.26. The van der Waals surface area contributed by atoms with Crippen molar-refractivity contribution < 1.29 is 26.3 Å². The molecule has 1 aromatic rings. The quantitative estimate of drug-likeness (QED) is 0.794. The lowest BCUT2D eigenvalue weighted by Gasteiger charge is -2.34. The van der Waals surface area contributed by atoms with Crippen LogP contribution >= 0.6 is 0 Å². The van der Waals surface area contributed by atoms with Gasteiger partial charge in [0, 0.05) is 11.6 Å². The molecule has 0 radical (unpaired) electrons. The molecule has 0 aliphatic heterocycles. The molecule has 0 amide bonds. The van der Waals surface area contributed by atoms with Gasteiger partial charge in [0.05, 0.1) is 22.7 Å². The van der Waals surface area contributed by atoms with Crippen LogP contribution in [0.5, 0.6) is 0 Å². The molecule has 1 aromatic carbocycles. The number of hydrogen-bond donors (Lipinski definition) is 2. The van der Waals surface area contributed by atoms with Crippen molar-refractivity contribution in [3.63, 3.8) is 0 Å². The van der Waals surface area contributed by atoms with Crippen LogP contribution in [0.4, 0.5) is 26.3 Å². The Morgan fingerprint density at radius 3 is 2.24 bits per heavy atom. The van der Waals surface area contributed by atoms with E-state index in [2.05, 4.69) is 0 Å². The standard InChI is InChI=1S/C16H13F6N3/c17-15(18,19)11-2-1-10(12(6-11)16(20,21)22)7-14(25)4-3-9(8-23)5-13(14)24/h1-6,13H,7,24-25H2.